The molecule has 1 heterocycles. The number of carboxylic acid groups (broad SMARTS) is 1. The first kappa shape index (κ1) is 17.1. The first-order valence-corrected chi connectivity index (χ1v) is 8.39. The standard InChI is InChI=1S/C10H13BrN2O5S2/c1-10(2,4-7(12)14)13-20(17,18)6-3-5(9(15)16)19-8(6)11/h3,13H,4H2,1-2H3,(H2,12,14)(H,15,16). The maximum Gasteiger partial charge on any atom is 0.345 e. The second-order valence-electron chi connectivity index (χ2n) is 4.69. The Hall–Kier alpha value is -0.970. The molecule has 10 heteroatoms. The number of hydrogen-bond donors (Lipinski definition) is 3. The fourth-order valence-corrected chi connectivity index (χ4v) is 5.35. The maximum absolute atomic E-state index is 12.2. The van der Waals surface area contributed by atoms with Gasteiger partial charge in [0.25, 0.3) is 0 Å². The van der Waals surface area contributed by atoms with Gasteiger partial charge in [0.15, 0.2) is 0 Å². The zero-order valence-electron chi connectivity index (χ0n) is 10.6. The lowest BCUT2D eigenvalue weighted by Gasteiger charge is -2.24. The quantitative estimate of drug-likeness (QED) is 0.677. The van der Waals surface area contributed by atoms with Crippen LogP contribution < -0.4 is 10.5 Å². The Morgan fingerprint density at radius 3 is 2.45 bits per heavy atom. The highest BCUT2D eigenvalue weighted by molar-refractivity contribution is 9.11. The smallest absolute Gasteiger partial charge is 0.345 e. The number of aromatic carboxylic acids is 1. The molecule has 0 aromatic carbocycles. The molecule has 0 unspecified atom stereocenters. The summed E-state index contributed by atoms with van der Waals surface area (Å²) in [6.07, 6.45) is -0.181. The van der Waals surface area contributed by atoms with Crippen molar-refractivity contribution in [2.45, 2.75) is 30.7 Å². The summed E-state index contributed by atoms with van der Waals surface area (Å²) in [7, 11) is -3.96. The van der Waals surface area contributed by atoms with Crippen LogP contribution in [-0.4, -0.2) is 30.9 Å². The van der Waals surface area contributed by atoms with Crippen molar-refractivity contribution < 1.29 is 23.1 Å². The van der Waals surface area contributed by atoms with Gasteiger partial charge in [0.05, 0.1) is 3.79 Å². The van der Waals surface area contributed by atoms with Gasteiger partial charge in [-0.2, -0.15) is 0 Å². The molecule has 1 aromatic rings. The number of amides is 1. The number of sulfonamides is 1. The number of carbonyl (C=O) groups excluding carboxylic acids is 1. The minimum absolute atomic E-state index is 0.107. The first-order valence-electron chi connectivity index (χ1n) is 5.29. The maximum atomic E-state index is 12.2. The second kappa shape index (κ2) is 5.80. The van der Waals surface area contributed by atoms with Crippen molar-refractivity contribution in [2.75, 3.05) is 0 Å². The van der Waals surface area contributed by atoms with E-state index in [9.17, 15) is 18.0 Å². The molecule has 0 saturated carbocycles. The van der Waals surface area contributed by atoms with E-state index in [0.717, 1.165) is 17.4 Å². The van der Waals surface area contributed by atoms with Gasteiger partial charge in [0.2, 0.25) is 15.9 Å². The Bertz CT molecular complexity index is 651. The summed E-state index contributed by atoms with van der Waals surface area (Å²) in [6.45, 7) is 3.02. The number of nitrogens with two attached hydrogens (primary N) is 1. The van der Waals surface area contributed by atoms with Crippen LogP contribution >= 0.6 is 27.3 Å². The minimum atomic E-state index is -3.96. The van der Waals surface area contributed by atoms with Crippen LogP contribution in [-0.2, 0) is 14.8 Å². The van der Waals surface area contributed by atoms with Crippen LogP contribution in [0.1, 0.15) is 29.9 Å². The lowest BCUT2D eigenvalue weighted by atomic mass is 10.0. The van der Waals surface area contributed by atoms with Crippen molar-refractivity contribution >= 4 is 49.2 Å². The second-order valence-corrected chi connectivity index (χ2v) is 8.71. The van der Waals surface area contributed by atoms with Gasteiger partial charge in [-0.1, -0.05) is 0 Å². The van der Waals surface area contributed by atoms with Gasteiger partial charge in [-0.3, -0.25) is 4.79 Å². The van der Waals surface area contributed by atoms with Gasteiger partial charge >= 0.3 is 5.97 Å². The molecule has 1 amide bonds. The third-order valence-corrected chi connectivity index (χ3v) is 6.12. The fourth-order valence-electron chi connectivity index (χ4n) is 1.53. The third-order valence-electron chi connectivity index (χ3n) is 2.18. The summed E-state index contributed by atoms with van der Waals surface area (Å²) in [5.41, 5.74) is 3.98. The van der Waals surface area contributed by atoms with Crippen molar-refractivity contribution in [2.24, 2.45) is 5.73 Å². The van der Waals surface area contributed by atoms with Crippen LogP contribution in [0.15, 0.2) is 14.7 Å². The highest BCUT2D eigenvalue weighted by Gasteiger charge is 2.30. The number of nitrogens with one attached hydrogen (secondary N) is 1. The lowest BCUT2D eigenvalue weighted by Crippen LogP contribution is -2.45. The summed E-state index contributed by atoms with van der Waals surface area (Å²) in [6, 6.07) is 1.06. The molecule has 0 aliphatic rings. The monoisotopic (exact) mass is 384 g/mol. The summed E-state index contributed by atoms with van der Waals surface area (Å²) < 4.78 is 26.9. The summed E-state index contributed by atoms with van der Waals surface area (Å²) >= 11 is 3.82. The van der Waals surface area contributed by atoms with Crippen molar-refractivity contribution in [3.05, 3.63) is 14.7 Å². The van der Waals surface area contributed by atoms with E-state index in [1.807, 2.05) is 0 Å². The van der Waals surface area contributed by atoms with Crippen LogP contribution in [0.25, 0.3) is 0 Å². The Labute approximate surface area is 128 Å². The average Bonchev–Trinajstić information content (AvgIpc) is 2.56. The number of carboxylic acids is 1. The molecule has 0 atom stereocenters. The van der Waals surface area contributed by atoms with Crippen molar-refractivity contribution in [3.63, 3.8) is 0 Å². The Morgan fingerprint density at radius 2 is 2.05 bits per heavy atom. The Balaban J connectivity index is 3.11. The molecular formula is C10H13BrN2O5S2. The van der Waals surface area contributed by atoms with Gasteiger partial charge in [0, 0.05) is 12.0 Å². The van der Waals surface area contributed by atoms with E-state index in [2.05, 4.69) is 20.7 Å². The molecular weight excluding hydrogens is 372 g/mol. The number of thiophene rings is 1. The van der Waals surface area contributed by atoms with Gasteiger partial charge in [-0.25, -0.2) is 17.9 Å². The van der Waals surface area contributed by atoms with Crippen LogP contribution in [0.5, 0.6) is 0 Å². The third kappa shape index (κ3) is 4.27. The van der Waals surface area contributed by atoms with Crippen molar-refractivity contribution in [1.29, 1.82) is 0 Å². The number of rotatable bonds is 6. The normalized spacial score (nSPS) is 12.3. The molecule has 7 nitrogen and oxygen atoms in total. The summed E-state index contributed by atoms with van der Waals surface area (Å²) in [5.74, 6) is -1.86. The molecule has 20 heavy (non-hydrogen) atoms. The van der Waals surface area contributed by atoms with E-state index in [1.165, 1.54) is 13.8 Å². The van der Waals surface area contributed by atoms with E-state index in [0.29, 0.717) is 0 Å². The molecule has 4 N–H and O–H groups in total. The van der Waals surface area contributed by atoms with E-state index in [1.54, 1.807) is 0 Å². The molecule has 1 aromatic heterocycles. The molecule has 112 valence electrons. The number of primary amides is 1. The zero-order chi connectivity index (χ0) is 15.7. The van der Waals surface area contributed by atoms with E-state index in [-0.39, 0.29) is 20.0 Å². The van der Waals surface area contributed by atoms with Gasteiger partial charge < -0.3 is 10.8 Å². The molecule has 0 spiro atoms. The van der Waals surface area contributed by atoms with Crippen molar-refractivity contribution in [3.8, 4) is 0 Å². The van der Waals surface area contributed by atoms with E-state index < -0.39 is 27.4 Å². The molecule has 0 radical (unpaired) electrons. The fraction of sp³-hybridized carbons (Fsp3) is 0.400. The minimum Gasteiger partial charge on any atom is -0.477 e. The largest absolute Gasteiger partial charge is 0.477 e. The molecule has 0 aliphatic heterocycles. The van der Waals surface area contributed by atoms with E-state index >= 15 is 0 Å². The SMILES string of the molecule is CC(C)(CC(N)=O)NS(=O)(=O)c1cc(C(=O)O)sc1Br. The number of carbonyl (C=O) groups is 2. The molecule has 0 fully saturated rings. The first-order chi connectivity index (χ1) is 8.94. The Morgan fingerprint density at radius 1 is 1.50 bits per heavy atom. The van der Waals surface area contributed by atoms with Crippen molar-refractivity contribution in [1.82, 2.24) is 4.72 Å². The van der Waals surface area contributed by atoms with E-state index in [4.69, 9.17) is 10.8 Å². The molecule has 0 bridgehead atoms. The van der Waals surface area contributed by atoms with Crippen LogP contribution in [0.2, 0.25) is 0 Å². The highest BCUT2D eigenvalue weighted by atomic mass is 79.9. The predicted molar refractivity (Wildman–Crippen MR) is 77.2 cm³/mol. The van der Waals surface area contributed by atoms with Gasteiger partial charge in [-0.15, -0.1) is 11.3 Å². The molecule has 0 aliphatic carbocycles. The summed E-state index contributed by atoms with van der Waals surface area (Å²) in [5, 5.41) is 8.85. The predicted octanol–water partition coefficient (Wildman–Crippen LogP) is 1.14. The van der Waals surface area contributed by atoms with Gasteiger partial charge in [-0.05, 0) is 35.8 Å². The van der Waals surface area contributed by atoms with Gasteiger partial charge in [0.1, 0.15) is 9.77 Å². The van der Waals surface area contributed by atoms with Crippen LogP contribution in [0.4, 0.5) is 0 Å². The topological polar surface area (TPSA) is 127 Å². The average molecular weight is 385 g/mol. The molecule has 0 saturated heterocycles. The number of hydrogen-bond acceptors (Lipinski definition) is 5. The Kier molecular flexibility index (Phi) is 4.95. The number of halogens is 1. The summed E-state index contributed by atoms with van der Waals surface area (Å²) in [4.78, 5) is 21.4. The van der Waals surface area contributed by atoms with Crippen LogP contribution in [0, 0.1) is 0 Å². The zero-order valence-corrected chi connectivity index (χ0v) is 13.9. The highest BCUT2D eigenvalue weighted by Crippen LogP contribution is 2.32. The molecule has 1 rings (SSSR count). The van der Waals surface area contributed by atoms with Crippen LogP contribution in [0.3, 0.4) is 0 Å². The lowest BCUT2D eigenvalue weighted by molar-refractivity contribution is -0.119.